The number of thioether (sulfide) groups is 1. The topological polar surface area (TPSA) is 111 Å². The van der Waals surface area contributed by atoms with Gasteiger partial charge in [-0.3, -0.25) is 9.59 Å². The zero-order chi connectivity index (χ0) is 17.7. The number of hydrogen-bond donors (Lipinski definition) is 2. The van der Waals surface area contributed by atoms with Crippen molar-refractivity contribution in [1.29, 1.82) is 0 Å². The fourth-order valence-corrected chi connectivity index (χ4v) is 3.13. The summed E-state index contributed by atoms with van der Waals surface area (Å²) >= 11 is 2.46. The predicted octanol–water partition coefficient (Wildman–Crippen LogP) is 2.15. The van der Waals surface area contributed by atoms with Gasteiger partial charge in [-0.25, -0.2) is 9.78 Å². The van der Waals surface area contributed by atoms with Gasteiger partial charge in [0, 0.05) is 6.20 Å². The standard InChI is InChI=1S/C15H15N3O4S2/c1-8(12(20)18-14-9(11(16)19)5-7-24-14)22-15(21)10-4-3-6-17-13(10)23-2/h3-8H,1-2H3,(H2,16,19)(H,18,20)/t8-/m1/s1. The van der Waals surface area contributed by atoms with Gasteiger partial charge in [-0.2, -0.15) is 0 Å². The monoisotopic (exact) mass is 365 g/mol. The van der Waals surface area contributed by atoms with Crippen molar-refractivity contribution in [3.8, 4) is 0 Å². The zero-order valence-corrected chi connectivity index (χ0v) is 14.6. The summed E-state index contributed by atoms with van der Waals surface area (Å²) in [6.45, 7) is 1.44. The van der Waals surface area contributed by atoms with Crippen molar-refractivity contribution >= 4 is 45.9 Å². The maximum atomic E-state index is 12.2. The van der Waals surface area contributed by atoms with Crippen LogP contribution in [0.2, 0.25) is 0 Å². The number of carbonyl (C=O) groups is 3. The molecule has 0 aliphatic carbocycles. The summed E-state index contributed by atoms with van der Waals surface area (Å²) < 4.78 is 5.17. The summed E-state index contributed by atoms with van der Waals surface area (Å²) in [6, 6.07) is 4.71. The first-order chi connectivity index (χ1) is 11.4. The summed E-state index contributed by atoms with van der Waals surface area (Å²) in [5.41, 5.74) is 5.72. The largest absolute Gasteiger partial charge is 0.449 e. The molecule has 0 unspecified atom stereocenters. The molecule has 7 nitrogen and oxygen atoms in total. The molecule has 0 radical (unpaired) electrons. The van der Waals surface area contributed by atoms with Crippen LogP contribution in [-0.4, -0.2) is 35.1 Å². The summed E-state index contributed by atoms with van der Waals surface area (Å²) in [4.78, 5) is 39.7. The first-order valence-corrected chi connectivity index (χ1v) is 8.92. The van der Waals surface area contributed by atoms with E-state index in [-0.39, 0.29) is 5.56 Å². The van der Waals surface area contributed by atoms with Crippen LogP contribution < -0.4 is 11.1 Å². The Bertz CT molecular complexity index is 776. The van der Waals surface area contributed by atoms with Gasteiger partial charge in [0.05, 0.1) is 11.1 Å². The van der Waals surface area contributed by atoms with Gasteiger partial charge in [0.15, 0.2) is 6.10 Å². The van der Waals surface area contributed by atoms with E-state index in [0.29, 0.717) is 15.6 Å². The normalized spacial score (nSPS) is 11.6. The number of thiophene rings is 1. The summed E-state index contributed by atoms with van der Waals surface area (Å²) in [7, 11) is 0. The van der Waals surface area contributed by atoms with Gasteiger partial charge in [-0.1, -0.05) is 0 Å². The number of hydrogen-bond acceptors (Lipinski definition) is 7. The molecule has 2 aromatic heterocycles. The van der Waals surface area contributed by atoms with Crippen LogP contribution in [-0.2, 0) is 9.53 Å². The van der Waals surface area contributed by atoms with Gasteiger partial charge >= 0.3 is 5.97 Å². The number of nitrogens with zero attached hydrogens (tertiary/aromatic N) is 1. The highest BCUT2D eigenvalue weighted by atomic mass is 32.2. The molecule has 24 heavy (non-hydrogen) atoms. The van der Waals surface area contributed by atoms with Crippen LogP contribution in [0.25, 0.3) is 0 Å². The molecule has 9 heteroatoms. The Morgan fingerprint density at radius 3 is 2.75 bits per heavy atom. The number of aromatic nitrogens is 1. The lowest BCUT2D eigenvalue weighted by atomic mass is 10.3. The van der Waals surface area contributed by atoms with E-state index in [4.69, 9.17) is 10.5 Å². The van der Waals surface area contributed by atoms with E-state index < -0.39 is 23.9 Å². The van der Waals surface area contributed by atoms with Gasteiger partial charge in [-0.15, -0.1) is 23.1 Å². The Morgan fingerprint density at radius 1 is 1.33 bits per heavy atom. The third kappa shape index (κ3) is 4.12. The molecular formula is C15H15N3O4S2. The molecule has 0 aliphatic rings. The molecule has 0 spiro atoms. The molecule has 0 fully saturated rings. The van der Waals surface area contributed by atoms with E-state index in [0.717, 1.165) is 11.3 Å². The third-order valence-corrected chi connectivity index (χ3v) is 4.55. The molecule has 0 saturated carbocycles. The second-order valence-corrected chi connectivity index (χ2v) is 6.34. The highest BCUT2D eigenvalue weighted by Crippen LogP contribution is 2.23. The van der Waals surface area contributed by atoms with Crippen molar-refractivity contribution < 1.29 is 19.1 Å². The average Bonchev–Trinajstić information content (AvgIpc) is 3.02. The maximum absolute atomic E-state index is 12.2. The quantitative estimate of drug-likeness (QED) is 0.599. The number of ether oxygens (including phenoxy) is 1. The SMILES string of the molecule is CSc1ncccc1C(=O)O[C@H](C)C(=O)Nc1sccc1C(N)=O. The number of anilines is 1. The van der Waals surface area contributed by atoms with Crippen molar-refractivity contribution in [2.75, 3.05) is 11.6 Å². The fraction of sp³-hybridized carbons (Fsp3) is 0.200. The van der Waals surface area contributed by atoms with E-state index in [1.54, 1.807) is 30.0 Å². The first-order valence-electron chi connectivity index (χ1n) is 6.82. The molecule has 0 saturated heterocycles. The Morgan fingerprint density at radius 2 is 2.08 bits per heavy atom. The van der Waals surface area contributed by atoms with Gasteiger partial charge in [0.1, 0.15) is 10.0 Å². The number of nitrogens with one attached hydrogen (secondary N) is 1. The minimum absolute atomic E-state index is 0.212. The van der Waals surface area contributed by atoms with Gasteiger partial charge < -0.3 is 15.8 Å². The van der Waals surface area contributed by atoms with E-state index >= 15 is 0 Å². The molecule has 2 amide bonds. The van der Waals surface area contributed by atoms with Crippen LogP contribution >= 0.6 is 23.1 Å². The third-order valence-electron chi connectivity index (χ3n) is 3.00. The highest BCUT2D eigenvalue weighted by Gasteiger charge is 2.22. The molecule has 126 valence electrons. The Hall–Kier alpha value is -2.39. The van der Waals surface area contributed by atoms with Gasteiger partial charge in [0.25, 0.3) is 11.8 Å². The number of nitrogens with two attached hydrogens (primary N) is 1. The van der Waals surface area contributed by atoms with Crippen LogP contribution in [0.3, 0.4) is 0 Å². The summed E-state index contributed by atoms with van der Waals surface area (Å²) in [5, 5.41) is 5.01. The Kier molecular flexibility index (Phi) is 5.93. The molecule has 2 rings (SSSR count). The van der Waals surface area contributed by atoms with E-state index in [1.807, 2.05) is 0 Å². The fourth-order valence-electron chi connectivity index (χ4n) is 1.80. The minimum atomic E-state index is -1.05. The van der Waals surface area contributed by atoms with Crippen LogP contribution in [0.4, 0.5) is 5.00 Å². The number of esters is 1. The second-order valence-electron chi connectivity index (χ2n) is 4.62. The number of amides is 2. The second kappa shape index (κ2) is 7.93. The molecule has 0 bridgehead atoms. The molecule has 0 aromatic carbocycles. The summed E-state index contributed by atoms with van der Waals surface area (Å²) in [5.74, 6) is -1.84. The van der Waals surface area contributed by atoms with Crippen LogP contribution in [0.5, 0.6) is 0 Å². The predicted molar refractivity (Wildman–Crippen MR) is 92.4 cm³/mol. The van der Waals surface area contributed by atoms with Crippen LogP contribution in [0, 0.1) is 0 Å². The van der Waals surface area contributed by atoms with E-state index in [9.17, 15) is 14.4 Å². The van der Waals surface area contributed by atoms with Gasteiger partial charge in [-0.05, 0) is 36.8 Å². The van der Waals surface area contributed by atoms with Crippen LogP contribution in [0.15, 0.2) is 34.8 Å². The lowest BCUT2D eigenvalue weighted by Gasteiger charge is -2.14. The zero-order valence-electron chi connectivity index (χ0n) is 12.9. The molecule has 1 atom stereocenters. The number of rotatable bonds is 6. The molecule has 2 heterocycles. The summed E-state index contributed by atoms with van der Waals surface area (Å²) in [6.07, 6.45) is 2.31. The van der Waals surface area contributed by atoms with Crippen LogP contribution in [0.1, 0.15) is 27.6 Å². The molecule has 2 aromatic rings. The molecular weight excluding hydrogens is 350 g/mol. The number of primary amides is 1. The molecule has 0 aliphatic heterocycles. The lowest BCUT2D eigenvalue weighted by Crippen LogP contribution is -2.30. The number of pyridine rings is 1. The lowest BCUT2D eigenvalue weighted by molar-refractivity contribution is -0.123. The maximum Gasteiger partial charge on any atom is 0.341 e. The first kappa shape index (κ1) is 18.0. The minimum Gasteiger partial charge on any atom is -0.449 e. The van der Waals surface area contributed by atoms with E-state index in [2.05, 4.69) is 10.3 Å². The van der Waals surface area contributed by atoms with Crippen molar-refractivity contribution in [1.82, 2.24) is 4.98 Å². The van der Waals surface area contributed by atoms with Crippen molar-refractivity contribution in [3.63, 3.8) is 0 Å². The van der Waals surface area contributed by atoms with Crippen molar-refractivity contribution in [3.05, 3.63) is 40.9 Å². The molecule has 3 N–H and O–H groups in total. The Labute approximate surface area is 146 Å². The van der Waals surface area contributed by atoms with Crippen molar-refractivity contribution in [2.45, 2.75) is 18.1 Å². The van der Waals surface area contributed by atoms with Crippen molar-refractivity contribution in [2.24, 2.45) is 5.73 Å². The Balaban J connectivity index is 2.05. The average molecular weight is 365 g/mol. The number of carbonyl (C=O) groups excluding carboxylic acids is 3. The van der Waals surface area contributed by atoms with E-state index in [1.165, 1.54) is 24.8 Å². The highest BCUT2D eigenvalue weighted by molar-refractivity contribution is 7.98. The van der Waals surface area contributed by atoms with Gasteiger partial charge in [0.2, 0.25) is 0 Å². The smallest absolute Gasteiger partial charge is 0.341 e.